The van der Waals surface area contributed by atoms with Gasteiger partial charge in [0.15, 0.2) is 0 Å². The van der Waals surface area contributed by atoms with E-state index in [1.807, 2.05) is 0 Å². The molecular formula is C88H104Cl2N6SiSn. The second-order valence-electron chi connectivity index (χ2n) is 37.5. The number of nitrogens with one attached hydrogen (secondary N) is 1. The van der Waals surface area contributed by atoms with Crippen LogP contribution in [0.3, 0.4) is 0 Å². The van der Waals surface area contributed by atoms with Crippen LogP contribution in [0.25, 0.3) is 39.4 Å². The SMILES string of the molecule is CC(C)(C)c1cc(C2=C3C=CC(=N3)C(c3cc(C(C)(C)C)cc(C(C)(C)C)c3)=c3ccc4[n]3[Sn]([Cl])([Cl])[n]3c2ccc3C(c2cc(C(C)(C)C)cc(C(C)(C)C)c2)=C2N=C(C=4c3cc(C(C)(C)C)cc(C(C)(C)C)c3)c3[nH]c(-c4ccc(C#C[Si](C)(C)C)cc4)nc32)cc(C(C)(C)C)c1. The molecule has 508 valence electrons. The van der Waals surface area contributed by atoms with Gasteiger partial charge in [0.1, 0.15) is 8.07 Å². The fourth-order valence-corrected chi connectivity index (χ4v) is 25.0. The summed E-state index contributed by atoms with van der Waals surface area (Å²) in [6.07, 6.45) is 4.50. The number of rotatable bonds is 5. The summed E-state index contributed by atoms with van der Waals surface area (Å²) in [6.45, 7) is 62.5. The van der Waals surface area contributed by atoms with Crippen LogP contribution in [0.4, 0.5) is 0 Å². The number of imidazole rings is 1. The minimum atomic E-state index is -5.68. The zero-order chi connectivity index (χ0) is 71.7. The minimum absolute atomic E-state index is 0.200. The number of fused-ring (bicyclic) bond motifs is 5. The van der Waals surface area contributed by atoms with E-state index >= 15 is 0 Å². The van der Waals surface area contributed by atoms with E-state index in [-0.39, 0.29) is 43.3 Å². The van der Waals surface area contributed by atoms with Crippen molar-refractivity contribution in [3.63, 3.8) is 0 Å². The molecule has 0 unspecified atom stereocenters. The average molecular weight is 1460 g/mol. The molecule has 12 rings (SSSR count). The van der Waals surface area contributed by atoms with Crippen LogP contribution in [0.5, 0.6) is 0 Å². The van der Waals surface area contributed by atoms with Gasteiger partial charge in [-0.25, -0.2) is 0 Å². The number of nitrogens with zero attached hydrogens (tertiary/aromatic N) is 5. The van der Waals surface area contributed by atoms with Gasteiger partial charge < -0.3 is 0 Å². The van der Waals surface area contributed by atoms with Gasteiger partial charge >= 0.3 is 571 Å². The number of allylic oxidation sites excluding steroid dienone is 2. The van der Waals surface area contributed by atoms with Crippen molar-refractivity contribution in [1.82, 2.24) is 15.5 Å². The summed E-state index contributed by atoms with van der Waals surface area (Å²) in [7, 11) is 17.1. The van der Waals surface area contributed by atoms with Gasteiger partial charge in [0, 0.05) is 0 Å². The molecule has 0 fully saturated rings. The number of aromatic nitrogens is 4. The summed E-state index contributed by atoms with van der Waals surface area (Å²) in [5.41, 5.74) is 28.0. The van der Waals surface area contributed by atoms with Crippen molar-refractivity contribution in [3.8, 4) is 22.9 Å². The molecule has 0 radical (unpaired) electrons. The summed E-state index contributed by atoms with van der Waals surface area (Å²) in [6, 6.07) is 46.7. The summed E-state index contributed by atoms with van der Waals surface area (Å²) in [4.78, 5) is 22.2. The number of hydrogen-bond acceptors (Lipinski definition) is 3. The van der Waals surface area contributed by atoms with E-state index < -0.39 is 24.7 Å². The first-order chi connectivity index (χ1) is 45.0. The third-order valence-electron chi connectivity index (χ3n) is 19.9. The normalized spacial score (nSPS) is 16.0. The molecular weight excluding hydrogens is 1360 g/mol. The Morgan fingerprint density at radius 2 is 0.765 bits per heavy atom. The Bertz CT molecular complexity index is 4890. The van der Waals surface area contributed by atoms with E-state index in [0.29, 0.717) is 0 Å². The molecule has 0 spiro atoms. The third-order valence-corrected chi connectivity index (χ3v) is 31.1. The summed E-state index contributed by atoms with van der Waals surface area (Å²) in [5, 5.41) is 1.77. The van der Waals surface area contributed by atoms with Crippen molar-refractivity contribution in [2.75, 3.05) is 0 Å². The standard InChI is InChI=1S/C88H104N6Si.2ClH.Sn/c1-81(2,3)58-40-54(41-59(48-58)82(4,5)6)72-66-32-33-67(89-66)73(55-42-60(83(7,8)9)49-61(43-55)84(10,11)12)69-35-37-71(91-69)75(57-46-64(87(19,20)21)51-65(47-57)88(22,23)24)77-79-78(93-80(94-79)53-30-28-52(29-31-53)38-39-95(25,26)27)76(92-77)74(70-36-34-68(72)90-70)56-44-62(85(13,14)15)50-63(45-56)86(16,17)18;;;/h28-37,40-51H,1-27H3,(H,93,94);2*1H;/q-2;;;+4/p-2. The predicted octanol–water partition coefficient (Wildman–Crippen LogP) is 21.5. The Hall–Kier alpha value is -6.67. The van der Waals surface area contributed by atoms with Gasteiger partial charge in [-0.05, 0) is 0 Å². The van der Waals surface area contributed by atoms with Gasteiger partial charge in [0.25, 0.3) is 0 Å². The zero-order valence-corrected chi connectivity index (χ0v) is 69.1. The first kappa shape index (κ1) is 71.2. The molecule has 7 heterocycles. The van der Waals surface area contributed by atoms with Crippen LogP contribution in [0, 0.1) is 11.5 Å². The predicted molar refractivity (Wildman–Crippen MR) is 426 cm³/mol. The first-order valence-corrected chi connectivity index (χ1v) is 48.6. The van der Waals surface area contributed by atoms with Gasteiger partial charge in [-0.15, -0.1) is 5.54 Å². The number of hydrogen-bond donors (Lipinski definition) is 1. The van der Waals surface area contributed by atoms with E-state index in [1.165, 1.54) is 44.5 Å². The van der Waals surface area contributed by atoms with E-state index in [2.05, 4.69) is 341 Å². The molecule has 10 heteroatoms. The maximum atomic E-state index is 9.39. The summed E-state index contributed by atoms with van der Waals surface area (Å²) >= 11 is -5.68. The van der Waals surface area contributed by atoms with Gasteiger partial charge in [-0.2, -0.15) is 0 Å². The van der Waals surface area contributed by atoms with Gasteiger partial charge in [0.05, 0.1) is 0 Å². The Balaban J connectivity index is 1.39. The first-order valence-electron chi connectivity index (χ1n) is 35.3. The molecule has 6 nitrogen and oxygen atoms in total. The molecule has 0 aliphatic carbocycles. The van der Waals surface area contributed by atoms with E-state index in [1.54, 1.807) is 0 Å². The van der Waals surface area contributed by atoms with Crippen molar-refractivity contribution in [3.05, 3.63) is 245 Å². The van der Waals surface area contributed by atoms with E-state index in [4.69, 9.17) is 15.0 Å². The van der Waals surface area contributed by atoms with Crippen LogP contribution in [-0.2, 0) is 43.3 Å². The van der Waals surface area contributed by atoms with Crippen LogP contribution >= 0.6 is 17.8 Å². The fourth-order valence-electron chi connectivity index (χ4n) is 13.6. The van der Waals surface area contributed by atoms with Crippen molar-refractivity contribution in [1.29, 1.82) is 0 Å². The number of aliphatic imine (C=N–C) groups is 2. The average Bonchev–Trinajstić information content (AvgIpc) is 1.52. The summed E-state index contributed by atoms with van der Waals surface area (Å²) < 4.78 is 4.87. The number of H-pyrrole nitrogens is 1. The molecule has 4 aliphatic heterocycles. The van der Waals surface area contributed by atoms with Crippen LogP contribution in [-0.4, -0.2) is 51.7 Å². The van der Waals surface area contributed by atoms with Crippen LogP contribution < -0.4 is 10.7 Å². The molecule has 6 bridgehead atoms. The number of benzene rings is 5. The Labute approximate surface area is 599 Å². The number of aromatic amines is 1. The van der Waals surface area contributed by atoms with E-state index in [0.717, 1.165) is 118 Å². The van der Waals surface area contributed by atoms with Gasteiger partial charge in [-0.1, -0.05) is 19.6 Å². The quantitative estimate of drug-likeness (QED) is 0.135. The van der Waals surface area contributed by atoms with Crippen molar-refractivity contribution in [2.45, 2.75) is 229 Å². The fraction of sp³-hybridized carbons (Fsp3) is 0.398. The van der Waals surface area contributed by atoms with Crippen molar-refractivity contribution in [2.24, 2.45) is 9.98 Å². The molecule has 0 amide bonds. The number of halogens is 2. The molecule has 4 aliphatic rings. The Kier molecular flexibility index (Phi) is 17.2. The monoisotopic (exact) mass is 1460 g/mol. The molecule has 0 saturated heterocycles. The Morgan fingerprint density at radius 3 is 1.16 bits per heavy atom. The molecule has 3 aromatic heterocycles. The molecule has 0 saturated carbocycles. The molecule has 98 heavy (non-hydrogen) atoms. The molecule has 1 N–H and O–H groups in total. The topological polar surface area (TPSA) is 63.3 Å². The molecule has 0 atom stereocenters. The van der Waals surface area contributed by atoms with Crippen LogP contribution in [0.15, 0.2) is 149 Å². The van der Waals surface area contributed by atoms with Gasteiger partial charge in [-0.3, -0.25) is 0 Å². The van der Waals surface area contributed by atoms with E-state index in [9.17, 15) is 17.8 Å². The van der Waals surface area contributed by atoms with Gasteiger partial charge in [0.2, 0.25) is 0 Å². The Morgan fingerprint density at radius 1 is 0.398 bits per heavy atom. The second kappa shape index (κ2) is 23.7. The van der Waals surface area contributed by atoms with Crippen LogP contribution in [0.2, 0.25) is 19.6 Å². The second-order valence-corrected chi connectivity index (χ2v) is 56.1. The molecule has 8 aromatic rings. The van der Waals surface area contributed by atoms with Crippen molar-refractivity contribution < 1.29 is 0 Å². The van der Waals surface area contributed by atoms with Crippen molar-refractivity contribution >= 4 is 82.0 Å². The maximum absolute atomic E-state index is 9.39. The molecule has 5 aromatic carbocycles. The van der Waals surface area contributed by atoms with Crippen LogP contribution in [0.1, 0.15) is 261 Å². The summed E-state index contributed by atoms with van der Waals surface area (Å²) in [5.74, 6) is 4.25. The zero-order valence-electron chi connectivity index (χ0n) is 63.7. The third kappa shape index (κ3) is 13.4.